The van der Waals surface area contributed by atoms with Crippen molar-refractivity contribution in [1.29, 1.82) is 0 Å². The molecule has 0 aromatic carbocycles. The number of hydrogen-bond acceptors (Lipinski definition) is 3. The molecule has 15 heavy (non-hydrogen) atoms. The molecule has 0 bridgehead atoms. The van der Waals surface area contributed by atoms with Crippen molar-refractivity contribution in [3.05, 3.63) is 30.0 Å². The summed E-state index contributed by atoms with van der Waals surface area (Å²) in [6, 6.07) is 2.83. The van der Waals surface area contributed by atoms with E-state index in [2.05, 4.69) is 0 Å². The van der Waals surface area contributed by atoms with Crippen LogP contribution in [0.15, 0.2) is 33.8 Å². The molecule has 0 saturated heterocycles. The van der Waals surface area contributed by atoms with Gasteiger partial charge in [0, 0.05) is 0 Å². The van der Waals surface area contributed by atoms with Crippen LogP contribution in [0.5, 0.6) is 0 Å². The first-order valence-corrected chi connectivity index (χ1v) is 5.87. The minimum atomic E-state index is -3.58. The van der Waals surface area contributed by atoms with E-state index in [0.717, 1.165) is 0 Å². The Kier molecular flexibility index (Phi) is 3.62. The van der Waals surface area contributed by atoms with E-state index < -0.39 is 15.9 Å². The molecule has 0 aliphatic rings. The van der Waals surface area contributed by atoms with E-state index in [4.69, 9.17) is 4.42 Å². The maximum Gasteiger partial charge on any atom is 0.266 e. The Hall–Kier alpha value is -1.17. The molecule has 0 N–H and O–H groups in total. The Bertz CT molecular complexity index is 455. The van der Waals surface area contributed by atoms with Gasteiger partial charge in [0.05, 0.1) is 5.75 Å². The SMILES string of the molecule is Cc1ccc(S(=O)(=O)CCC=C(F)F)o1. The molecule has 84 valence electrons. The first kappa shape index (κ1) is 11.9. The lowest BCUT2D eigenvalue weighted by molar-refractivity contribution is 0.417. The Morgan fingerprint density at radius 3 is 2.60 bits per heavy atom. The summed E-state index contributed by atoms with van der Waals surface area (Å²) in [4.78, 5) is 0. The van der Waals surface area contributed by atoms with Crippen LogP contribution in [-0.2, 0) is 9.84 Å². The van der Waals surface area contributed by atoms with Gasteiger partial charge in [0.15, 0.2) is 0 Å². The van der Waals surface area contributed by atoms with Crippen molar-refractivity contribution in [1.82, 2.24) is 0 Å². The molecule has 0 atom stereocenters. The summed E-state index contributed by atoms with van der Waals surface area (Å²) in [6.07, 6.45) is -1.52. The van der Waals surface area contributed by atoms with Crippen LogP contribution in [-0.4, -0.2) is 14.2 Å². The number of aryl methyl sites for hydroxylation is 1. The summed E-state index contributed by atoms with van der Waals surface area (Å²) in [5.74, 6) is 0.0953. The van der Waals surface area contributed by atoms with Crippen LogP contribution >= 0.6 is 0 Å². The third-order valence-corrected chi connectivity index (χ3v) is 3.31. The van der Waals surface area contributed by atoms with E-state index in [1.54, 1.807) is 6.92 Å². The summed E-state index contributed by atoms with van der Waals surface area (Å²) < 4.78 is 51.1. The van der Waals surface area contributed by atoms with Gasteiger partial charge in [-0.3, -0.25) is 0 Å². The molecule has 0 amide bonds. The largest absolute Gasteiger partial charge is 0.450 e. The van der Waals surface area contributed by atoms with Gasteiger partial charge in [-0.1, -0.05) is 0 Å². The smallest absolute Gasteiger partial charge is 0.266 e. The Balaban J connectivity index is 2.73. The lowest BCUT2D eigenvalue weighted by atomic mass is 10.5. The number of hydrogen-bond donors (Lipinski definition) is 0. The molecule has 1 aromatic rings. The number of halogens is 2. The van der Waals surface area contributed by atoms with Gasteiger partial charge in [-0.05, 0) is 31.6 Å². The molecule has 6 heteroatoms. The number of furan rings is 1. The van der Waals surface area contributed by atoms with E-state index in [1.165, 1.54) is 12.1 Å². The molecule has 1 heterocycles. The second-order valence-electron chi connectivity index (χ2n) is 2.97. The van der Waals surface area contributed by atoms with Gasteiger partial charge < -0.3 is 4.42 Å². The van der Waals surface area contributed by atoms with Gasteiger partial charge in [0.1, 0.15) is 5.76 Å². The predicted molar refractivity (Wildman–Crippen MR) is 50.4 cm³/mol. The topological polar surface area (TPSA) is 47.3 Å². The summed E-state index contributed by atoms with van der Waals surface area (Å²) in [5.41, 5.74) is 0. The molecular weight excluding hydrogens is 226 g/mol. The Morgan fingerprint density at radius 2 is 2.13 bits per heavy atom. The lowest BCUT2D eigenvalue weighted by Gasteiger charge is -1.97. The average molecular weight is 236 g/mol. The normalized spacial score (nSPS) is 11.4. The van der Waals surface area contributed by atoms with Crippen molar-refractivity contribution in [2.24, 2.45) is 0 Å². The molecule has 0 aliphatic heterocycles. The fourth-order valence-electron chi connectivity index (χ4n) is 1.00. The molecular formula is C9H10F2O3S. The van der Waals surface area contributed by atoms with Crippen molar-refractivity contribution in [2.75, 3.05) is 5.75 Å². The van der Waals surface area contributed by atoms with E-state index in [9.17, 15) is 17.2 Å². The maximum atomic E-state index is 11.7. The van der Waals surface area contributed by atoms with Crippen molar-refractivity contribution in [3.8, 4) is 0 Å². The van der Waals surface area contributed by atoms with E-state index in [-0.39, 0.29) is 17.3 Å². The zero-order valence-electron chi connectivity index (χ0n) is 8.04. The van der Waals surface area contributed by atoms with Crippen LogP contribution < -0.4 is 0 Å². The zero-order chi connectivity index (χ0) is 11.5. The highest BCUT2D eigenvalue weighted by molar-refractivity contribution is 7.91. The molecule has 1 aromatic heterocycles. The minimum absolute atomic E-state index is 0.173. The fraction of sp³-hybridized carbons (Fsp3) is 0.333. The first-order valence-electron chi connectivity index (χ1n) is 4.22. The molecule has 3 nitrogen and oxygen atoms in total. The van der Waals surface area contributed by atoms with Gasteiger partial charge in [0.25, 0.3) is 6.08 Å². The molecule has 0 aliphatic carbocycles. The molecule has 0 radical (unpaired) electrons. The fourth-order valence-corrected chi connectivity index (χ4v) is 2.17. The molecule has 0 unspecified atom stereocenters. The molecule has 0 spiro atoms. The van der Waals surface area contributed by atoms with Crippen molar-refractivity contribution in [3.63, 3.8) is 0 Å². The number of allylic oxidation sites excluding steroid dienone is 1. The monoisotopic (exact) mass is 236 g/mol. The van der Waals surface area contributed by atoms with Crippen molar-refractivity contribution < 1.29 is 21.6 Å². The standard InChI is InChI=1S/C9H10F2O3S/c1-7-4-5-9(14-7)15(12,13)6-2-3-8(10)11/h3-5H,2,6H2,1H3. The van der Waals surface area contributed by atoms with Gasteiger partial charge in [-0.25, -0.2) is 8.42 Å². The minimum Gasteiger partial charge on any atom is -0.450 e. The Morgan fingerprint density at radius 1 is 1.47 bits per heavy atom. The lowest BCUT2D eigenvalue weighted by Crippen LogP contribution is -2.04. The van der Waals surface area contributed by atoms with Gasteiger partial charge in [-0.2, -0.15) is 8.78 Å². The van der Waals surface area contributed by atoms with Crippen LogP contribution in [0, 0.1) is 6.92 Å². The maximum absolute atomic E-state index is 11.7. The summed E-state index contributed by atoms with van der Waals surface area (Å²) in [7, 11) is -3.58. The number of sulfone groups is 1. The van der Waals surface area contributed by atoms with Gasteiger partial charge >= 0.3 is 0 Å². The van der Waals surface area contributed by atoms with Crippen molar-refractivity contribution in [2.45, 2.75) is 18.4 Å². The quantitative estimate of drug-likeness (QED) is 0.807. The van der Waals surface area contributed by atoms with Crippen LogP contribution in [0.1, 0.15) is 12.2 Å². The highest BCUT2D eigenvalue weighted by Crippen LogP contribution is 2.16. The third-order valence-electron chi connectivity index (χ3n) is 1.71. The van der Waals surface area contributed by atoms with E-state index in [1.807, 2.05) is 0 Å². The summed E-state index contributed by atoms with van der Waals surface area (Å²) in [6.45, 7) is 1.61. The van der Waals surface area contributed by atoms with Crippen molar-refractivity contribution >= 4 is 9.84 Å². The number of rotatable bonds is 4. The van der Waals surface area contributed by atoms with Gasteiger partial charge in [0.2, 0.25) is 14.9 Å². The highest BCUT2D eigenvalue weighted by Gasteiger charge is 2.17. The summed E-state index contributed by atoms with van der Waals surface area (Å²) >= 11 is 0. The van der Waals surface area contributed by atoms with Crippen LogP contribution in [0.2, 0.25) is 0 Å². The third kappa shape index (κ3) is 3.47. The average Bonchev–Trinajstić information content (AvgIpc) is 2.51. The van der Waals surface area contributed by atoms with Crippen LogP contribution in [0.4, 0.5) is 8.78 Å². The molecule has 0 fully saturated rings. The van der Waals surface area contributed by atoms with Crippen LogP contribution in [0.3, 0.4) is 0 Å². The second kappa shape index (κ2) is 4.57. The van der Waals surface area contributed by atoms with Crippen LogP contribution in [0.25, 0.3) is 0 Å². The van der Waals surface area contributed by atoms with E-state index >= 15 is 0 Å². The first-order chi connectivity index (χ1) is 6.92. The highest BCUT2D eigenvalue weighted by atomic mass is 32.2. The van der Waals surface area contributed by atoms with E-state index in [0.29, 0.717) is 11.8 Å². The molecule has 0 saturated carbocycles. The summed E-state index contributed by atoms with van der Waals surface area (Å²) in [5, 5.41) is -0.173. The second-order valence-corrected chi connectivity index (χ2v) is 5.01. The Labute approximate surface area is 86.3 Å². The van der Waals surface area contributed by atoms with Gasteiger partial charge in [-0.15, -0.1) is 0 Å². The zero-order valence-corrected chi connectivity index (χ0v) is 8.85. The predicted octanol–water partition coefficient (Wildman–Crippen LogP) is 2.53. The molecule has 1 rings (SSSR count).